The van der Waals surface area contributed by atoms with Gasteiger partial charge in [-0.2, -0.15) is 0 Å². The van der Waals surface area contributed by atoms with Gasteiger partial charge in [-0.25, -0.2) is 0 Å². The number of hydrogen-bond acceptors (Lipinski definition) is 3. The molecule has 2 rings (SSSR count). The van der Waals surface area contributed by atoms with Crippen LogP contribution in [0.3, 0.4) is 0 Å². The normalized spacial score (nSPS) is 12.0. The van der Waals surface area contributed by atoms with Crippen molar-refractivity contribution in [1.82, 2.24) is 0 Å². The number of methoxy groups -OCH3 is 2. The Morgan fingerprint density at radius 2 is 1.81 bits per heavy atom. The minimum absolute atomic E-state index is 0.0489. The molecule has 1 unspecified atom stereocenters. The lowest BCUT2D eigenvalue weighted by atomic mass is 9.98. The van der Waals surface area contributed by atoms with Gasteiger partial charge in [-0.1, -0.05) is 29.8 Å². The first-order chi connectivity index (χ1) is 10.1. The van der Waals surface area contributed by atoms with Gasteiger partial charge in [0.2, 0.25) is 0 Å². The summed E-state index contributed by atoms with van der Waals surface area (Å²) in [6.45, 7) is 2.08. The Labute approximate surface area is 126 Å². The number of benzene rings is 2. The molecule has 2 aromatic rings. The highest BCUT2D eigenvalue weighted by Gasteiger charge is 2.10. The Hall–Kier alpha value is -2.00. The van der Waals surface area contributed by atoms with Crippen molar-refractivity contribution in [3.8, 4) is 11.5 Å². The lowest BCUT2D eigenvalue weighted by Gasteiger charge is -2.15. The third-order valence-corrected chi connectivity index (χ3v) is 3.55. The summed E-state index contributed by atoms with van der Waals surface area (Å²) in [5.41, 5.74) is 9.88. The monoisotopic (exact) mass is 285 g/mol. The second kappa shape index (κ2) is 7.14. The summed E-state index contributed by atoms with van der Waals surface area (Å²) in [6.07, 6.45) is 1.61. The van der Waals surface area contributed by atoms with Gasteiger partial charge in [-0.05, 0) is 49.1 Å². The second-order valence-corrected chi connectivity index (χ2v) is 5.34. The van der Waals surface area contributed by atoms with E-state index in [1.54, 1.807) is 14.2 Å². The summed E-state index contributed by atoms with van der Waals surface area (Å²) < 4.78 is 10.7. The molecule has 0 fully saturated rings. The summed E-state index contributed by atoms with van der Waals surface area (Å²) in [5.74, 6) is 1.77. The molecule has 0 saturated carbocycles. The Balaban J connectivity index is 2.07. The van der Waals surface area contributed by atoms with Crippen LogP contribution < -0.4 is 15.2 Å². The van der Waals surface area contributed by atoms with Crippen LogP contribution in [0.5, 0.6) is 11.5 Å². The minimum atomic E-state index is 0.0489. The summed E-state index contributed by atoms with van der Waals surface area (Å²) in [4.78, 5) is 0. The summed E-state index contributed by atoms with van der Waals surface area (Å²) in [5, 5.41) is 0. The first-order valence-corrected chi connectivity index (χ1v) is 7.14. The van der Waals surface area contributed by atoms with Gasteiger partial charge in [-0.3, -0.25) is 0 Å². The SMILES string of the molecule is COc1cccc(CC(N)Cc2cc(C)ccc2OC)c1. The molecule has 0 heterocycles. The van der Waals surface area contributed by atoms with Crippen molar-refractivity contribution in [2.75, 3.05) is 14.2 Å². The van der Waals surface area contributed by atoms with Crippen LogP contribution in [-0.4, -0.2) is 20.3 Å². The Morgan fingerprint density at radius 3 is 2.52 bits per heavy atom. The zero-order valence-electron chi connectivity index (χ0n) is 12.9. The van der Waals surface area contributed by atoms with Gasteiger partial charge in [0.15, 0.2) is 0 Å². The highest BCUT2D eigenvalue weighted by atomic mass is 16.5. The second-order valence-electron chi connectivity index (χ2n) is 5.34. The van der Waals surface area contributed by atoms with E-state index >= 15 is 0 Å². The third kappa shape index (κ3) is 4.23. The molecule has 0 aliphatic heterocycles. The van der Waals surface area contributed by atoms with Gasteiger partial charge in [0.05, 0.1) is 14.2 Å². The Bertz CT molecular complexity index is 596. The average molecular weight is 285 g/mol. The van der Waals surface area contributed by atoms with Crippen LogP contribution in [0.1, 0.15) is 16.7 Å². The number of aryl methyl sites for hydroxylation is 1. The molecule has 0 aromatic heterocycles. The zero-order chi connectivity index (χ0) is 15.2. The molecule has 1 atom stereocenters. The molecule has 0 amide bonds. The maximum Gasteiger partial charge on any atom is 0.122 e. The van der Waals surface area contributed by atoms with Crippen molar-refractivity contribution in [2.45, 2.75) is 25.8 Å². The van der Waals surface area contributed by atoms with Gasteiger partial charge in [0.1, 0.15) is 11.5 Å². The van der Waals surface area contributed by atoms with Crippen LogP contribution >= 0.6 is 0 Å². The highest BCUT2D eigenvalue weighted by molar-refractivity contribution is 5.38. The molecule has 21 heavy (non-hydrogen) atoms. The number of rotatable bonds is 6. The summed E-state index contributed by atoms with van der Waals surface area (Å²) in [7, 11) is 3.37. The van der Waals surface area contributed by atoms with Crippen molar-refractivity contribution in [1.29, 1.82) is 0 Å². The average Bonchev–Trinajstić information content (AvgIpc) is 2.47. The number of ether oxygens (including phenoxy) is 2. The van der Waals surface area contributed by atoms with Crippen LogP contribution in [0.15, 0.2) is 42.5 Å². The van der Waals surface area contributed by atoms with Gasteiger partial charge < -0.3 is 15.2 Å². The molecule has 3 heteroatoms. The van der Waals surface area contributed by atoms with E-state index in [1.807, 2.05) is 24.3 Å². The summed E-state index contributed by atoms with van der Waals surface area (Å²) >= 11 is 0. The largest absolute Gasteiger partial charge is 0.497 e. The molecular weight excluding hydrogens is 262 g/mol. The van der Waals surface area contributed by atoms with Crippen LogP contribution in [0.4, 0.5) is 0 Å². The van der Waals surface area contributed by atoms with Crippen molar-refractivity contribution in [3.05, 3.63) is 59.2 Å². The van der Waals surface area contributed by atoms with E-state index in [1.165, 1.54) is 11.1 Å². The first kappa shape index (κ1) is 15.4. The number of nitrogens with two attached hydrogens (primary N) is 1. The van der Waals surface area contributed by atoms with E-state index in [4.69, 9.17) is 15.2 Å². The predicted molar refractivity (Wildman–Crippen MR) is 86.1 cm³/mol. The topological polar surface area (TPSA) is 44.5 Å². The molecule has 0 aliphatic carbocycles. The molecule has 3 nitrogen and oxygen atoms in total. The van der Waals surface area contributed by atoms with E-state index in [0.29, 0.717) is 0 Å². The van der Waals surface area contributed by atoms with Crippen LogP contribution in [0.2, 0.25) is 0 Å². The van der Waals surface area contributed by atoms with Crippen molar-refractivity contribution in [2.24, 2.45) is 5.73 Å². The van der Waals surface area contributed by atoms with Crippen LogP contribution in [-0.2, 0) is 12.8 Å². The van der Waals surface area contributed by atoms with Crippen molar-refractivity contribution < 1.29 is 9.47 Å². The van der Waals surface area contributed by atoms with Crippen LogP contribution in [0.25, 0.3) is 0 Å². The predicted octanol–water partition coefficient (Wildman–Crippen LogP) is 3.12. The van der Waals surface area contributed by atoms with Gasteiger partial charge in [0, 0.05) is 6.04 Å². The van der Waals surface area contributed by atoms with Gasteiger partial charge in [0.25, 0.3) is 0 Å². The molecule has 2 N–H and O–H groups in total. The lowest BCUT2D eigenvalue weighted by Crippen LogP contribution is -2.25. The fraction of sp³-hybridized carbons (Fsp3) is 0.333. The maximum atomic E-state index is 6.31. The van der Waals surface area contributed by atoms with Crippen molar-refractivity contribution >= 4 is 0 Å². The quantitative estimate of drug-likeness (QED) is 0.887. The van der Waals surface area contributed by atoms with E-state index in [2.05, 4.69) is 25.1 Å². The molecule has 112 valence electrons. The Kier molecular flexibility index (Phi) is 5.23. The lowest BCUT2D eigenvalue weighted by molar-refractivity contribution is 0.407. The van der Waals surface area contributed by atoms with E-state index < -0.39 is 0 Å². The maximum absolute atomic E-state index is 6.31. The molecule has 0 radical (unpaired) electrons. The van der Waals surface area contributed by atoms with Gasteiger partial charge >= 0.3 is 0 Å². The van der Waals surface area contributed by atoms with E-state index in [0.717, 1.165) is 29.9 Å². The van der Waals surface area contributed by atoms with E-state index in [-0.39, 0.29) is 6.04 Å². The smallest absolute Gasteiger partial charge is 0.122 e. The van der Waals surface area contributed by atoms with Crippen molar-refractivity contribution in [3.63, 3.8) is 0 Å². The van der Waals surface area contributed by atoms with Crippen LogP contribution in [0, 0.1) is 6.92 Å². The standard InChI is InChI=1S/C18H23NO2/c1-13-7-8-18(21-3)15(9-13)12-16(19)10-14-5-4-6-17(11-14)20-2/h4-9,11,16H,10,12,19H2,1-3H3. The molecular formula is C18H23NO2. The molecule has 0 aliphatic rings. The fourth-order valence-electron chi connectivity index (χ4n) is 2.52. The fourth-order valence-corrected chi connectivity index (χ4v) is 2.52. The Morgan fingerprint density at radius 1 is 1.00 bits per heavy atom. The zero-order valence-corrected chi connectivity index (χ0v) is 12.9. The molecule has 0 bridgehead atoms. The third-order valence-electron chi connectivity index (χ3n) is 3.55. The first-order valence-electron chi connectivity index (χ1n) is 7.14. The minimum Gasteiger partial charge on any atom is -0.497 e. The van der Waals surface area contributed by atoms with Gasteiger partial charge in [-0.15, -0.1) is 0 Å². The molecule has 0 spiro atoms. The molecule has 0 saturated heterocycles. The van der Waals surface area contributed by atoms with E-state index in [9.17, 15) is 0 Å². The summed E-state index contributed by atoms with van der Waals surface area (Å²) in [6, 6.07) is 14.3. The molecule has 2 aromatic carbocycles. The highest BCUT2D eigenvalue weighted by Crippen LogP contribution is 2.22. The number of hydrogen-bond donors (Lipinski definition) is 1.